The van der Waals surface area contributed by atoms with Gasteiger partial charge in [-0.05, 0) is 0 Å². The van der Waals surface area contributed by atoms with E-state index >= 15 is 0 Å². The SMILES string of the molecule is [NH2-].[Ni+2].[O]=[Cr](=[O])([O-])[O-]. The fourth-order valence-corrected chi connectivity index (χ4v) is 0. The Morgan fingerprint density at radius 3 is 1.14 bits per heavy atom. The Balaban J connectivity index is -0.0000000800. The Hall–Kier alpha value is 0.506. The van der Waals surface area contributed by atoms with Crippen molar-refractivity contribution in [2.24, 2.45) is 0 Å². The Bertz CT molecular complexity index is 94.9. The first-order valence-corrected chi connectivity index (χ1v) is 2.75. The summed E-state index contributed by atoms with van der Waals surface area (Å²) in [6.45, 7) is 0. The quantitative estimate of drug-likeness (QED) is 0.415. The molecule has 0 fully saturated rings. The molecule has 7 heavy (non-hydrogen) atoms. The summed E-state index contributed by atoms with van der Waals surface area (Å²) < 4.78 is 34.4. The van der Waals surface area contributed by atoms with Gasteiger partial charge in [-0.25, -0.2) is 0 Å². The van der Waals surface area contributed by atoms with Crippen LogP contribution in [0, 0.1) is 0 Å². The first-order chi connectivity index (χ1) is 2.00. The topological polar surface area (TPSA) is 114 Å². The van der Waals surface area contributed by atoms with Gasteiger partial charge in [-0.15, -0.1) is 0 Å². The maximum atomic E-state index is 8.59. The summed E-state index contributed by atoms with van der Waals surface area (Å²) in [5, 5.41) is 0. The number of hydrogen-bond acceptors (Lipinski definition) is 4. The molecule has 0 unspecified atom stereocenters. The van der Waals surface area contributed by atoms with Crippen LogP contribution in [-0.4, -0.2) is 0 Å². The van der Waals surface area contributed by atoms with Crippen LogP contribution in [0.15, 0.2) is 0 Å². The van der Waals surface area contributed by atoms with Gasteiger partial charge in [-0.3, -0.25) is 0 Å². The van der Waals surface area contributed by atoms with Gasteiger partial charge < -0.3 is 6.15 Å². The molecule has 0 aromatic rings. The molecular weight excluding hydrogens is 189 g/mol. The summed E-state index contributed by atoms with van der Waals surface area (Å²) in [4.78, 5) is 0. The van der Waals surface area contributed by atoms with Crippen molar-refractivity contribution in [3.63, 3.8) is 0 Å². The average Bonchev–Trinajstić information content (AvgIpc) is 0.722. The zero-order valence-corrected chi connectivity index (χ0v) is 5.20. The van der Waals surface area contributed by atoms with Crippen LogP contribution in [0.1, 0.15) is 0 Å². The molecule has 0 saturated heterocycles. The molecule has 2 N–H and O–H groups in total. The number of rotatable bonds is 0. The first-order valence-electron chi connectivity index (χ1n) is 0.667. The molecule has 0 spiro atoms. The molecule has 0 heterocycles. The summed E-state index contributed by atoms with van der Waals surface area (Å²) in [5.41, 5.74) is 0. The maximum absolute atomic E-state index is 8.59. The minimum atomic E-state index is -5.75. The Labute approximate surface area is 52.6 Å². The van der Waals surface area contributed by atoms with Crippen molar-refractivity contribution >= 4 is 0 Å². The van der Waals surface area contributed by atoms with E-state index in [0.717, 1.165) is 0 Å². The van der Waals surface area contributed by atoms with Gasteiger partial charge >= 0.3 is 46.0 Å². The van der Waals surface area contributed by atoms with E-state index in [1.54, 1.807) is 0 Å². The van der Waals surface area contributed by atoms with E-state index in [9.17, 15) is 0 Å². The molecule has 0 aliphatic rings. The molecule has 0 aliphatic carbocycles. The molecule has 0 amide bonds. The van der Waals surface area contributed by atoms with Crippen molar-refractivity contribution in [2.45, 2.75) is 0 Å². The molecule has 0 radical (unpaired) electrons. The predicted molar refractivity (Wildman–Crippen MR) is 6.66 cm³/mol. The third-order valence-electron chi connectivity index (χ3n) is 0. The molecule has 0 aromatic heterocycles. The molecule has 0 aliphatic heterocycles. The zero-order valence-electron chi connectivity index (χ0n) is 2.93. The standard InChI is InChI=1S/Cr.H2N.Ni.4O/h;1H2;;;;;/q;-1;+2;;;2*-1. The van der Waals surface area contributed by atoms with E-state index in [4.69, 9.17) is 15.9 Å². The predicted octanol–water partition coefficient (Wildman–Crippen LogP) is -1.90. The Kier molecular flexibility index (Phi) is 10.4. The van der Waals surface area contributed by atoms with Crippen molar-refractivity contribution in [1.29, 1.82) is 0 Å². The van der Waals surface area contributed by atoms with Gasteiger partial charge in [0.25, 0.3) is 0 Å². The molecule has 48 valence electrons. The Morgan fingerprint density at radius 1 is 1.14 bits per heavy atom. The van der Waals surface area contributed by atoms with E-state index in [1.807, 2.05) is 0 Å². The van der Waals surface area contributed by atoms with Crippen molar-refractivity contribution < 1.29 is 46.0 Å². The molecule has 0 rings (SSSR count). The van der Waals surface area contributed by atoms with Crippen molar-refractivity contribution in [3.05, 3.63) is 6.15 Å². The van der Waals surface area contributed by atoms with Gasteiger partial charge in [0.2, 0.25) is 0 Å². The van der Waals surface area contributed by atoms with Gasteiger partial charge in [-0.1, -0.05) is 0 Å². The third-order valence-corrected chi connectivity index (χ3v) is 0. The van der Waals surface area contributed by atoms with Crippen LogP contribution in [0.2, 0.25) is 0 Å². The van der Waals surface area contributed by atoms with Gasteiger partial charge in [-0.2, -0.15) is 0 Å². The summed E-state index contributed by atoms with van der Waals surface area (Å²) in [5.74, 6) is 0. The van der Waals surface area contributed by atoms with E-state index in [2.05, 4.69) is 0 Å². The second-order valence-electron chi connectivity index (χ2n) is 0.408. The third kappa shape index (κ3) is 516. The number of hydrogen-bond donors (Lipinski definition) is 0. The van der Waals surface area contributed by atoms with E-state index in [1.165, 1.54) is 0 Å². The van der Waals surface area contributed by atoms with E-state index < -0.39 is 13.6 Å². The summed E-state index contributed by atoms with van der Waals surface area (Å²) in [6, 6.07) is 0. The average molecular weight is 191 g/mol. The fourth-order valence-electron chi connectivity index (χ4n) is 0. The molecule has 7 heteroatoms. The van der Waals surface area contributed by atoms with Crippen LogP contribution in [0.25, 0.3) is 6.15 Å². The fraction of sp³-hybridized carbons (Fsp3) is 0. The summed E-state index contributed by atoms with van der Waals surface area (Å²) in [6.07, 6.45) is 0. The van der Waals surface area contributed by atoms with E-state index in [0.29, 0.717) is 0 Å². The molecule has 0 aromatic carbocycles. The van der Waals surface area contributed by atoms with E-state index in [-0.39, 0.29) is 22.6 Å². The Morgan fingerprint density at radius 2 is 1.14 bits per heavy atom. The minimum absolute atomic E-state index is 0. The van der Waals surface area contributed by atoms with Crippen molar-refractivity contribution in [3.8, 4) is 0 Å². The zero-order chi connectivity index (χ0) is 4.50. The number of nitrogens with two attached hydrogens (primary N) is 1. The van der Waals surface area contributed by atoms with Crippen molar-refractivity contribution in [1.82, 2.24) is 0 Å². The molecular formula is H2CrNNiO4-. The molecule has 0 atom stereocenters. The second kappa shape index (κ2) is 4.66. The molecule has 5 nitrogen and oxygen atoms in total. The first kappa shape index (κ1) is 15.6. The van der Waals surface area contributed by atoms with Crippen LogP contribution in [0.3, 0.4) is 0 Å². The molecule has 0 bridgehead atoms. The molecule has 0 saturated carbocycles. The normalized spacial score (nSPS) is 8.29. The van der Waals surface area contributed by atoms with Crippen LogP contribution >= 0.6 is 0 Å². The van der Waals surface area contributed by atoms with Crippen LogP contribution < -0.4 is 8.32 Å². The van der Waals surface area contributed by atoms with Gasteiger partial charge in [0.1, 0.15) is 0 Å². The van der Waals surface area contributed by atoms with Crippen LogP contribution in [0.5, 0.6) is 0 Å². The summed E-state index contributed by atoms with van der Waals surface area (Å²) in [7, 11) is 0. The summed E-state index contributed by atoms with van der Waals surface area (Å²) >= 11 is -5.75. The second-order valence-corrected chi connectivity index (χ2v) is 1.68. The van der Waals surface area contributed by atoms with Gasteiger partial charge in [0.15, 0.2) is 0 Å². The van der Waals surface area contributed by atoms with Crippen LogP contribution in [0.4, 0.5) is 0 Å². The van der Waals surface area contributed by atoms with Gasteiger partial charge in [0, 0.05) is 0 Å². The monoisotopic (exact) mass is 190 g/mol. The van der Waals surface area contributed by atoms with Crippen molar-refractivity contribution in [2.75, 3.05) is 0 Å². The van der Waals surface area contributed by atoms with Crippen LogP contribution in [-0.2, 0) is 37.7 Å². The van der Waals surface area contributed by atoms with Gasteiger partial charge in [0.05, 0.1) is 0 Å².